The van der Waals surface area contributed by atoms with Gasteiger partial charge in [0.05, 0.1) is 12.3 Å². The molecule has 92 valence electrons. The van der Waals surface area contributed by atoms with Crippen LogP contribution >= 0.6 is 0 Å². The van der Waals surface area contributed by atoms with E-state index in [1.165, 1.54) is 6.26 Å². The number of aryl methyl sites for hydroxylation is 2. The van der Waals surface area contributed by atoms with Crippen LogP contribution in [0.2, 0.25) is 0 Å². The number of hydrogen-bond acceptors (Lipinski definition) is 5. The SMILES string of the molecule is Cc1nc(C)n(CCNCCS(C)(=O)=O)n1. The van der Waals surface area contributed by atoms with Crippen molar-refractivity contribution in [3.63, 3.8) is 0 Å². The summed E-state index contributed by atoms with van der Waals surface area (Å²) in [6, 6.07) is 0. The third-order valence-electron chi connectivity index (χ3n) is 2.11. The summed E-state index contributed by atoms with van der Waals surface area (Å²) in [7, 11) is -2.87. The van der Waals surface area contributed by atoms with Gasteiger partial charge in [-0.05, 0) is 13.8 Å². The average molecular weight is 246 g/mol. The van der Waals surface area contributed by atoms with Crippen molar-refractivity contribution < 1.29 is 8.42 Å². The molecule has 0 unspecified atom stereocenters. The maximum absolute atomic E-state index is 10.9. The quantitative estimate of drug-likeness (QED) is 0.687. The molecular weight excluding hydrogens is 228 g/mol. The van der Waals surface area contributed by atoms with E-state index in [1.54, 1.807) is 0 Å². The molecule has 0 spiro atoms. The first-order valence-corrected chi connectivity index (χ1v) is 7.21. The molecular formula is C9H18N4O2S. The van der Waals surface area contributed by atoms with Crippen LogP contribution < -0.4 is 5.32 Å². The monoisotopic (exact) mass is 246 g/mol. The van der Waals surface area contributed by atoms with Gasteiger partial charge in [-0.25, -0.2) is 18.1 Å². The van der Waals surface area contributed by atoms with Crippen LogP contribution in [0, 0.1) is 13.8 Å². The predicted octanol–water partition coefficient (Wildman–Crippen LogP) is -0.471. The second kappa shape index (κ2) is 5.40. The van der Waals surface area contributed by atoms with E-state index >= 15 is 0 Å². The highest BCUT2D eigenvalue weighted by Gasteiger charge is 2.03. The lowest BCUT2D eigenvalue weighted by atomic mass is 10.5. The Bertz CT molecular complexity index is 438. The standard InChI is InChI=1S/C9H18N4O2S/c1-8-11-9(2)13(12-8)6-4-10-5-7-16(3,14)15/h10H,4-7H2,1-3H3. The molecule has 6 nitrogen and oxygen atoms in total. The highest BCUT2D eigenvalue weighted by atomic mass is 32.2. The van der Waals surface area contributed by atoms with Crippen molar-refractivity contribution in [3.8, 4) is 0 Å². The minimum atomic E-state index is -2.87. The maximum Gasteiger partial charge on any atom is 0.148 e. The fourth-order valence-electron chi connectivity index (χ4n) is 1.34. The molecule has 0 radical (unpaired) electrons. The van der Waals surface area contributed by atoms with Gasteiger partial charge in [0.2, 0.25) is 0 Å². The van der Waals surface area contributed by atoms with Gasteiger partial charge in [-0.2, -0.15) is 5.10 Å². The molecule has 1 aromatic heterocycles. The van der Waals surface area contributed by atoms with Crippen LogP contribution in [0.3, 0.4) is 0 Å². The summed E-state index contributed by atoms with van der Waals surface area (Å²) in [5.74, 6) is 1.80. The first kappa shape index (κ1) is 13.1. The summed E-state index contributed by atoms with van der Waals surface area (Å²) in [5.41, 5.74) is 0. The molecule has 0 aromatic carbocycles. The molecule has 0 aliphatic carbocycles. The summed E-state index contributed by atoms with van der Waals surface area (Å²) < 4.78 is 23.5. The van der Waals surface area contributed by atoms with Crippen molar-refractivity contribution in [1.82, 2.24) is 20.1 Å². The lowest BCUT2D eigenvalue weighted by Gasteiger charge is -2.04. The summed E-state index contributed by atoms with van der Waals surface area (Å²) in [5, 5.41) is 7.26. The van der Waals surface area contributed by atoms with Gasteiger partial charge in [0.25, 0.3) is 0 Å². The number of nitrogens with one attached hydrogen (secondary N) is 1. The van der Waals surface area contributed by atoms with Gasteiger partial charge >= 0.3 is 0 Å². The van der Waals surface area contributed by atoms with Gasteiger partial charge in [0, 0.05) is 19.3 Å². The Kier molecular flexibility index (Phi) is 4.43. The Balaban J connectivity index is 2.24. The largest absolute Gasteiger partial charge is 0.314 e. The number of rotatable bonds is 6. The van der Waals surface area contributed by atoms with E-state index in [9.17, 15) is 8.42 Å². The molecule has 0 saturated heterocycles. The van der Waals surface area contributed by atoms with Crippen LogP contribution in [-0.4, -0.2) is 48.3 Å². The molecule has 0 fully saturated rings. The highest BCUT2D eigenvalue weighted by molar-refractivity contribution is 7.90. The van der Waals surface area contributed by atoms with Gasteiger partial charge in [0.15, 0.2) is 0 Å². The van der Waals surface area contributed by atoms with Crippen molar-refractivity contribution in [1.29, 1.82) is 0 Å². The number of nitrogens with zero attached hydrogens (tertiary/aromatic N) is 3. The second-order valence-electron chi connectivity index (χ2n) is 3.81. The van der Waals surface area contributed by atoms with Crippen molar-refractivity contribution in [2.24, 2.45) is 0 Å². The zero-order valence-corrected chi connectivity index (χ0v) is 10.7. The smallest absolute Gasteiger partial charge is 0.148 e. The van der Waals surface area contributed by atoms with Gasteiger partial charge < -0.3 is 5.32 Å². The normalized spacial score (nSPS) is 11.9. The zero-order valence-electron chi connectivity index (χ0n) is 9.89. The lowest BCUT2D eigenvalue weighted by molar-refractivity contribution is 0.546. The van der Waals surface area contributed by atoms with E-state index in [0.717, 1.165) is 11.6 Å². The summed E-state index contributed by atoms with van der Waals surface area (Å²) in [4.78, 5) is 4.18. The van der Waals surface area contributed by atoms with Crippen LogP contribution in [-0.2, 0) is 16.4 Å². The van der Waals surface area contributed by atoms with Crippen LogP contribution in [0.5, 0.6) is 0 Å². The number of sulfone groups is 1. The van der Waals surface area contributed by atoms with Crippen molar-refractivity contribution in [3.05, 3.63) is 11.6 Å². The minimum Gasteiger partial charge on any atom is -0.314 e. The molecule has 0 aliphatic rings. The van der Waals surface area contributed by atoms with Gasteiger partial charge in [-0.3, -0.25) is 0 Å². The van der Waals surface area contributed by atoms with E-state index in [-0.39, 0.29) is 5.75 Å². The second-order valence-corrected chi connectivity index (χ2v) is 6.07. The minimum absolute atomic E-state index is 0.169. The summed E-state index contributed by atoms with van der Waals surface area (Å²) in [6.07, 6.45) is 1.24. The van der Waals surface area contributed by atoms with Crippen LogP contribution in [0.25, 0.3) is 0 Å². The first-order valence-electron chi connectivity index (χ1n) is 5.15. The fraction of sp³-hybridized carbons (Fsp3) is 0.778. The Morgan fingerprint density at radius 2 is 2.00 bits per heavy atom. The third-order valence-corrected chi connectivity index (χ3v) is 3.06. The molecule has 1 heterocycles. The van der Waals surface area contributed by atoms with Crippen LogP contribution in [0.1, 0.15) is 11.6 Å². The Labute approximate surface area is 96.0 Å². The van der Waals surface area contributed by atoms with Crippen LogP contribution in [0.4, 0.5) is 0 Å². The zero-order chi connectivity index (χ0) is 12.2. The molecule has 16 heavy (non-hydrogen) atoms. The topological polar surface area (TPSA) is 76.9 Å². The molecule has 7 heteroatoms. The van der Waals surface area contributed by atoms with E-state index in [1.807, 2.05) is 18.5 Å². The molecule has 1 rings (SSSR count). The van der Waals surface area contributed by atoms with E-state index in [2.05, 4.69) is 15.4 Å². The van der Waals surface area contributed by atoms with Gasteiger partial charge in [0.1, 0.15) is 21.5 Å². The Morgan fingerprint density at radius 1 is 1.31 bits per heavy atom. The van der Waals surface area contributed by atoms with E-state index < -0.39 is 9.84 Å². The fourth-order valence-corrected chi connectivity index (χ4v) is 1.86. The van der Waals surface area contributed by atoms with Gasteiger partial charge in [-0.1, -0.05) is 0 Å². The molecule has 0 saturated carbocycles. The molecule has 0 atom stereocenters. The molecule has 0 bridgehead atoms. The number of aromatic nitrogens is 3. The van der Waals surface area contributed by atoms with Crippen molar-refractivity contribution in [2.45, 2.75) is 20.4 Å². The Hall–Kier alpha value is -0.950. The number of hydrogen-bond donors (Lipinski definition) is 1. The van der Waals surface area contributed by atoms with Gasteiger partial charge in [-0.15, -0.1) is 0 Å². The maximum atomic E-state index is 10.9. The molecule has 1 N–H and O–H groups in total. The van der Waals surface area contributed by atoms with E-state index in [0.29, 0.717) is 19.6 Å². The van der Waals surface area contributed by atoms with Crippen molar-refractivity contribution in [2.75, 3.05) is 25.1 Å². The Morgan fingerprint density at radius 3 is 2.50 bits per heavy atom. The first-order chi connectivity index (χ1) is 7.38. The molecule has 0 amide bonds. The third kappa shape index (κ3) is 4.71. The lowest BCUT2D eigenvalue weighted by Crippen LogP contribution is -2.26. The van der Waals surface area contributed by atoms with Crippen LogP contribution in [0.15, 0.2) is 0 Å². The van der Waals surface area contributed by atoms with E-state index in [4.69, 9.17) is 0 Å². The molecule has 0 aliphatic heterocycles. The molecule has 1 aromatic rings. The summed E-state index contributed by atoms with van der Waals surface area (Å²) >= 11 is 0. The summed E-state index contributed by atoms with van der Waals surface area (Å²) in [6.45, 7) is 5.62. The average Bonchev–Trinajstić information content (AvgIpc) is 2.42. The highest BCUT2D eigenvalue weighted by Crippen LogP contribution is 1.94. The van der Waals surface area contributed by atoms with Crippen molar-refractivity contribution >= 4 is 9.84 Å². The predicted molar refractivity (Wildman–Crippen MR) is 62.1 cm³/mol.